The summed E-state index contributed by atoms with van der Waals surface area (Å²) in [5.41, 5.74) is 3.59. The van der Waals surface area contributed by atoms with Gasteiger partial charge in [-0.15, -0.1) is 11.8 Å². The molecule has 0 fully saturated rings. The largest absolute Gasteiger partial charge is 0.497 e. The topological polar surface area (TPSA) is 94.9 Å². The van der Waals surface area contributed by atoms with Gasteiger partial charge in [-0.25, -0.2) is 9.07 Å². The molecule has 1 aliphatic heterocycles. The SMILES string of the molecule is COc1ccc(-n2nc(C(C)(C)C)c3c2N(CC(=O)NCc2ccc(F)cc2)C(=O)CS[C@@H]3c2ccc(OC)c(OC)c2)cc1. The van der Waals surface area contributed by atoms with Crippen LogP contribution in [0.25, 0.3) is 5.69 Å². The van der Waals surface area contributed by atoms with E-state index in [9.17, 15) is 14.0 Å². The highest BCUT2D eigenvalue weighted by atomic mass is 32.2. The summed E-state index contributed by atoms with van der Waals surface area (Å²) in [6.45, 7) is 6.21. The molecule has 0 radical (unpaired) electrons. The fraction of sp³-hybridized carbons (Fsp3) is 0.324. The van der Waals surface area contributed by atoms with Crippen LogP contribution in [0.4, 0.5) is 10.2 Å². The van der Waals surface area contributed by atoms with E-state index in [-0.39, 0.29) is 41.7 Å². The molecule has 1 aliphatic rings. The highest BCUT2D eigenvalue weighted by molar-refractivity contribution is 8.00. The van der Waals surface area contributed by atoms with E-state index in [4.69, 9.17) is 19.3 Å². The second-order valence-electron chi connectivity index (χ2n) is 11.6. The number of thioether (sulfide) groups is 1. The van der Waals surface area contributed by atoms with Gasteiger partial charge in [-0.2, -0.15) is 5.10 Å². The predicted octanol–water partition coefficient (Wildman–Crippen LogP) is 5.82. The zero-order valence-corrected chi connectivity index (χ0v) is 27.0. The van der Waals surface area contributed by atoms with Crippen molar-refractivity contribution in [3.8, 4) is 22.9 Å². The smallest absolute Gasteiger partial charge is 0.240 e. The highest BCUT2D eigenvalue weighted by Gasteiger charge is 2.40. The van der Waals surface area contributed by atoms with Gasteiger partial charge in [0.25, 0.3) is 0 Å². The lowest BCUT2D eigenvalue weighted by Crippen LogP contribution is -2.42. The van der Waals surface area contributed by atoms with Gasteiger partial charge in [0, 0.05) is 17.5 Å². The highest BCUT2D eigenvalue weighted by Crippen LogP contribution is 2.49. The normalized spacial score (nSPS) is 14.9. The molecular weight excluding hydrogens is 595 g/mol. The van der Waals surface area contributed by atoms with Gasteiger partial charge >= 0.3 is 0 Å². The average molecular weight is 633 g/mol. The number of methoxy groups -OCH3 is 3. The molecular formula is C34H37FN4O5S. The molecule has 0 spiro atoms. The molecule has 0 unspecified atom stereocenters. The Balaban J connectivity index is 1.65. The maximum atomic E-state index is 13.9. The van der Waals surface area contributed by atoms with Gasteiger partial charge in [0.05, 0.1) is 43.7 Å². The molecule has 45 heavy (non-hydrogen) atoms. The fourth-order valence-corrected chi connectivity index (χ4v) is 6.45. The lowest BCUT2D eigenvalue weighted by atomic mass is 9.87. The number of rotatable bonds is 9. The number of ether oxygens (including phenoxy) is 3. The Bertz CT molecular complexity index is 1680. The molecule has 0 saturated heterocycles. The van der Waals surface area contributed by atoms with Crippen LogP contribution in [0.2, 0.25) is 0 Å². The summed E-state index contributed by atoms with van der Waals surface area (Å²) in [7, 11) is 4.78. The molecule has 1 N–H and O–H groups in total. The van der Waals surface area contributed by atoms with E-state index in [2.05, 4.69) is 26.1 Å². The monoisotopic (exact) mass is 632 g/mol. The number of benzene rings is 3. The molecule has 3 aromatic carbocycles. The third kappa shape index (κ3) is 6.78. The molecule has 2 amide bonds. The minimum Gasteiger partial charge on any atom is -0.497 e. The van der Waals surface area contributed by atoms with E-state index in [1.165, 1.54) is 28.8 Å². The Morgan fingerprint density at radius 2 is 1.67 bits per heavy atom. The summed E-state index contributed by atoms with van der Waals surface area (Å²) in [4.78, 5) is 28.9. The lowest BCUT2D eigenvalue weighted by molar-refractivity contribution is -0.123. The summed E-state index contributed by atoms with van der Waals surface area (Å²) in [5.74, 6) is 1.58. The van der Waals surface area contributed by atoms with E-state index in [1.807, 2.05) is 42.5 Å². The van der Waals surface area contributed by atoms with Gasteiger partial charge < -0.3 is 19.5 Å². The first-order chi connectivity index (χ1) is 21.5. The van der Waals surface area contributed by atoms with Gasteiger partial charge in [-0.05, 0) is 59.7 Å². The third-order valence-electron chi connectivity index (χ3n) is 7.53. The second kappa shape index (κ2) is 13.2. The number of amides is 2. The van der Waals surface area contributed by atoms with E-state index in [0.717, 1.165) is 22.4 Å². The molecule has 9 nitrogen and oxygen atoms in total. The zero-order chi connectivity index (χ0) is 32.3. The molecule has 4 aromatic rings. The van der Waals surface area contributed by atoms with Crippen molar-refractivity contribution in [3.63, 3.8) is 0 Å². The number of nitrogens with one attached hydrogen (secondary N) is 1. The first kappa shape index (κ1) is 31.9. The number of carbonyl (C=O) groups excluding carboxylic acids is 2. The van der Waals surface area contributed by atoms with Crippen LogP contribution in [0.15, 0.2) is 66.7 Å². The van der Waals surface area contributed by atoms with Gasteiger partial charge in [-0.3, -0.25) is 14.5 Å². The number of halogens is 1. The van der Waals surface area contributed by atoms with E-state index in [0.29, 0.717) is 28.8 Å². The average Bonchev–Trinajstić information content (AvgIpc) is 3.38. The van der Waals surface area contributed by atoms with Crippen LogP contribution >= 0.6 is 11.8 Å². The van der Waals surface area contributed by atoms with Crippen molar-refractivity contribution >= 4 is 29.4 Å². The molecule has 0 aliphatic carbocycles. The van der Waals surface area contributed by atoms with Gasteiger partial charge in [0.2, 0.25) is 11.8 Å². The number of nitrogens with zero attached hydrogens (tertiary/aromatic N) is 3. The Morgan fingerprint density at radius 3 is 2.29 bits per heavy atom. The lowest BCUT2D eigenvalue weighted by Gasteiger charge is -2.25. The van der Waals surface area contributed by atoms with Crippen LogP contribution in [0.1, 0.15) is 48.4 Å². The molecule has 1 aromatic heterocycles. The summed E-state index contributed by atoms with van der Waals surface area (Å²) in [6, 6.07) is 19.1. The maximum absolute atomic E-state index is 13.9. The van der Waals surface area contributed by atoms with Gasteiger partial charge in [0.15, 0.2) is 11.5 Å². The number of carbonyl (C=O) groups is 2. The van der Waals surface area contributed by atoms with Crippen LogP contribution in [0.3, 0.4) is 0 Å². The van der Waals surface area contributed by atoms with E-state index < -0.39 is 5.41 Å². The quantitative estimate of drug-likeness (QED) is 0.249. The van der Waals surface area contributed by atoms with Crippen molar-refractivity contribution in [1.29, 1.82) is 0 Å². The first-order valence-corrected chi connectivity index (χ1v) is 15.5. The van der Waals surface area contributed by atoms with Crippen LogP contribution < -0.4 is 24.4 Å². The van der Waals surface area contributed by atoms with Crippen molar-refractivity contribution in [3.05, 3.63) is 94.9 Å². The number of fused-ring (bicyclic) bond motifs is 1. The standard InChI is InChI=1S/C34H37FN4O5S/c1-34(2,3)32-30-31(22-9-16-26(43-5)27(17-22)44-6)45-20-29(41)38(19-28(40)36-18-21-7-10-23(35)11-8-21)33(30)39(37-32)24-12-14-25(42-4)15-13-24/h7-17,31H,18-20H2,1-6H3,(H,36,40)/t31-/m1/s1. The van der Waals surface area contributed by atoms with Crippen LogP contribution in [0.5, 0.6) is 17.2 Å². The van der Waals surface area contributed by atoms with Crippen LogP contribution in [0, 0.1) is 5.82 Å². The fourth-order valence-electron chi connectivity index (χ4n) is 5.26. The molecule has 1 atom stereocenters. The Hall–Kier alpha value is -4.51. The number of aromatic nitrogens is 2. The van der Waals surface area contributed by atoms with Crippen LogP contribution in [-0.2, 0) is 21.5 Å². The molecule has 2 heterocycles. The van der Waals surface area contributed by atoms with Crippen LogP contribution in [-0.4, -0.2) is 55.2 Å². The number of hydrogen-bond donors (Lipinski definition) is 1. The first-order valence-electron chi connectivity index (χ1n) is 14.5. The summed E-state index contributed by atoms with van der Waals surface area (Å²) >= 11 is 1.48. The summed E-state index contributed by atoms with van der Waals surface area (Å²) in [5, 5.41) is 7.69. The van der Waals surface area contributed by atoms with Crippen molar-refractivity contribution in [1.82, 2.24) is 15.1 Å². The number of anilines is 1. The maximum Gasteiger partial charge on any atom is 0.240 e. The molecule has 11 heteroatoms. The van der Waals surface area contributed by atoms with Crippen molar-refractivity contribution in [2.24, 2.45) is 0 Å². The molecule has 236 valence electrons. The Kier molecular flexibility index (Phi) is 9.38. The third-order valence-corrected chi connectivity index (χ3v) is 8.79. The minimum atomic E-state index is -0.416. The van der Waals surface area contributed by atoms with Crippen molar-refractivity contribution < 1.29 is 28.2 Å². The minimum absolute atomic E-state index is 0.130. The predicted molar refractivity (Wildman–Crippen MR) is 173 cm³/mol. The van der Waals surface area contributed by atoms with E-state index >= 15 is 0 Å². The second-order valence-corrected chi connectivity index (χ2v) is 12.7. The Labute approximate surface area is 266 Å². The zero-order valence-electron chi connectivity index (χ0n) is 26.2. The van der Waals surface area contributed by atoms with Crippen molar-refractivity contribution in [2.75, 3.05) is 38.5 Å². The van der Waals surface area contributed by atoms with Gasteiger partial charge in [0.1, 0.15) is 23.9 Å². The molecule has 5 rings (SSSR count). The van der Waals surface area contributed by atoms with Crippen molar-refractivity contribution in [2.45, 2.75) is 38.0 Å². The van der Waals surface area contributed by atoms with E-state index in [1.54, 1.807) is 38.1 Å². The Morgan fingerprint density at radius 1 is 0.978 bits per heavy atom. The summed E-state index contributed by atoms with van der Waals surface area (Å²) < 4.78 is 31.6. The molecule has 0 bridgehead atoms. The summed E-state index contributed by atoms with van der Waals surface area (Å²) in [6.07, 6.45) is 0. The molecule has 0 saturated carbocycles. The van der Waals surface area contributed by atoms with Gasteiger partial charge in [-0.1, -0.05) is 39.0 Å². The number of hydrogen-bond acceptors (Lipinski definition) is 7.